The van der Waals surface area contributed by atoms with Gasteiger partial charge in [0.05, 0.1) is 23.0 Å². The van der Waals surface area contributed by atoms with E-state index in [1.54, 1.807) is 0 Å². The summed E-state index contributed by atoms with van der Waals surface area (Å²) in [4.78, 5) is 11.7. The van der Waals surface area contributed by atoms with Gasteiger partial charge in [-0.05, 0) is 18.6 Å². The number of ether oxygens (including phenoxy) is 1. The zero-order valence-corrected chi connectivity index (χ0v) is 9.61. The van der Waals surface area contributed by atoms with Gasteiger partial charge in [0.2, 0.25) is 0 Å². The molecule has 3 nitrogen and oxygen atoms in total. The summed E-state index contributed by atoms with van der Waals surface area (Å²) in [5.74, 6) is -0.760. The van der Waals surface area contributed by atoms with Crippen molar-refractivity contribution in [2.75, 3.05) is 13.2 Å². The van der Waals surface area contributed by atoms with Crippen molar-refractivity contribution in [2.24, 2.45) is 0 Å². The smallest absolute Gasteiger partial charge is 0.303 e. The van der Waals surface area contributed by atoms with Crippen LogP contribution in [0, 0.1) is 0 Å². The first-order chi connectivity index (χ1) is 7.12. The summed E-state index contributed by atoms with van der Waals surface area (Å²) in [5.41, 5.74) is -0.101. The maximum Gasteiger partial charge on any atom is 0.303 e. The van der Waals surface area contributed by atoms with Crippen LogP contribution in [0.3, 0.4) is 0 Å². The van der Waals surface area contributed by atoms with Gasteiger partial charge in [-0.25, -0.2) is 0 Å². The summed E-state index contributed by atoms with van der Waals surface area (Å²) in [5, 5.41) is 8.69. The molecule has 1 aromatic heterocycles. The molecule has 82 valence electrons. The first kappa shape index (κ1) is 10.9. The molecule has 0 bridgehead atoms. The van der Waals surface area contributed by atoms with Crippen molar-refractivity contribution in [1.29, 1.82) is 0 Å². The molecule has 0 unspecified atom stereocenters. The summed E-state index contributed by atoms with van der Waals surface area (Å²) in [7, 11) is 0. The Labute approximate surface area is 96.6 Å². The standard InChI is InChI=1S/C10H11ClO3S/c11-8-2-1-7(15-8)10(5-14-6-10)4-3-9(12)13/h1-2H,3-6H2,(H,12,13). The Kier molecular flexibility index (Phi) is 3.00. The molecule has 1 fully saturated rings. The fourth-order valence-electron chi connectivity index (χ4n) is 1.70. The Hall–Kier alpha value is -0.580. The monoisotopic (exact) mass is 246 g/mol. The highest BCUT2D eigenvalue weighted by atomic mass is 35.5. The number of hydrogen-bond acceptors (Lipinski definition) is 3. The van der Waals surface area contributed by atoms with Gasteiger partial charge in [-0.15, -0.1) is 11.3 Å². The minimum absolute atomic E-state index is 0.101. The maximum absolute atomic E-state index is 10.6. The zero-order chi connectivity index (χ0) is 10.9. The molecule has 2 rings (SSSR count). The summed E-state index contributed by atoms with van der Waals surface area (Å²) >= 11 is 7.39. The SMILES string of the molecule is O=C(O)CCC1(c2ccc(Cl)s2)COC1. The normalized spacial score (nSPS) is 18.5. The highest BCUT2D eigenvalue weighted by Gasteiger charge is 2.41. The molecule has 15 heavy (non-hydrogen) atoms. The zero-order valence-electron chi connectivity index (χ0n) is 8.03. The van der Waals surface area contributed by atoms with Crippen molar-refractivity contribution in [3.05, 3.63) is 21.3 Å². The Morgan fingerprint density at radius 1 is 1.60 bits per heavy atom. The van der Waals surface area contributed by atoms with E-state index in [-0.39, 0.29) is 11.8 Å². The van der Waals surface area contributed by atoms with E-state index in [2.05, 4.69) is 0 Å². The number of hydrogen-bond donors (Lipinski definition) is 1. The molecule has 0 amide bonds. The van der Waals surface area contributed by atoms with E-state index < -0.39 is 5.97 Å². The van der Waals surface area contributed by atoms with Gasteiger partial charge in [0.15, 0.2) is 0 Å². The van der Waals surface area contributed by atoms with Gasteiger partial charge in [0, 0.05) is 11.3 Å². The van der Waals surface area contributed by atoms with Crippen LogP contribution in [-0.4, -0.2) is 24.3 Å². The third-order valence-corrected chi connectivity index (χ3v) is 4.15. The molecule has 2 heterocycles. The van der Waals surface area contributed by atoms with E-state index in [9.17, 15) is 4.79 Å². The van der Waals surface area contributed by atoms with Crippen LogP contribution in [0.15, 0.2) is 12.1 Å². The molecule has 1 aliphatic heterocycles. The lowest BCUT2D eigenvalue weighted by molar-refractivity contribution is -0.139. The Bertz CT molecular complexity index is 370. The second kappa shape index (κ2) is 4.12. The number of aliphatic carboxylic acids is 1. The average Bonchev–Trinajstić information content (AvgIpc) is 2.50. The van der Waals surface area contributed by atoms with E-state index in [1.165, 1.54) is 11.3 Å². The molecule has 0 radical (unpaired) electrons. The molecule has 0 aliphatic carbocycles. The van der Waals surface area contributed by atoms with Gasteiger partial charge < -0.3 is 9.84 Å². The third kappa shape index (κ3) is 2.17. The van der Waals surface area contributed by atoms with E-state index in [4.69, 9.17) is 21.4 Å². The Morgan fingerprint density at radius 3 is 2.73 bits per heavy atom. The van der Waals surface area contributed by atoms with E-state index in [0.717, 1.165) is 9.21 Å². The number of carboxylic acid groups (broad SMARTS) is 1. The Morgan fingerprint density at radius 2 is 2.33 bits per heavy atom. The second-order valence-corrected chi connectivity index (χ2v) is 5.49. The minimum Gasteiger partial charge on any atom is -0.481 e. The van der Waals surface area contributed by atoms with E-state index in [1.807, 2.05) is 12.1 Å². The predicted molar refractivity (Wildman–Crippen MR) is 58.7 cm³/mol. The van der Waals surface area contributed by atoms with Gasteiger partial charge in [0.25, 0.3) is 0 Å². The fourth-order valence-corrected chi connectivity index (χ4v) is 2.93. The lowest BCUT2D eigenvalue weighted by Crippen LogP contribution is -2.46. The van der Waals surface area contributed by atoms with Crippen molar-refractivity contribution in [3.63, 3.8) is 0 Å². The number of carboxylic acids is 1. The van der Waals surface area contributed by atoms with Crippen LogP contribution in [0.4, 0.5) is 0 Å². The molecule has 5 heteroatoms. The quantitative estimate of drug-likeness (QED) is 0.888. The summed E-state index contributed by atoms with van der Waals surface area (Å²) in [6.45, 7) is 1.22. The molecule has 1 saturated heterocycles. The van der Waals surface area contributed by atoms with Gasteiger partial charge in [-0.3, -0.25) is 4.79 Å². The second-order valence-electron chi connectivity index (χ2n) is 3.77. The van der Waals surface area contributed by atoms with E-state index >= 15 is 0 Å². The molecular formula is C10H11ClO3S. The molecule has 0 saturated carbocycles. The lowest BCUT2D eigenvalue weighted by atomic mass is 9.80. The van der Waals surface area contributed by atoms with Crippen LogP contribution in [0.1, 0.15) is 17.7 Å². The van der Waals surface area contributed by atoms with Crippen molar-refractivity contribution in [3.8, 4) is 0 Å². The van der Waals surface area contributed by atoms with Crippen molar-refractivity contribution in [2.45, 2.75) is 18.3 Å². The number of rotatable bonds is 4. The lowest BCUT2D eigenvalue weighted by Gasteiger charge is -2.40. The summed E-state index contributed by atoms with van der Waals surface area (Å²) in [6, 6.07) is 3.82. The van der Waals surface area contributed by atoms with Crippen LogP contribution in [0.2, 0.25) is 4.34 Å². The minimum atomic E-state index is -0.760. The summed E-state index contributed by atoms with van der Waals surface area (Å²) in [6.07, 6.45) is 0.804. The Balaban J connectivity index is 2.11. The van der Waals surface area contributed by atoms with Crippen molar-refractivity contribution < 1.29 is 14.6 Å². The number of thiophene rings is 1. The maximum atomic E-state index is 10.6. The van der Waals surface area contributed by atoms with Gasteiger partial charge in [-0.2, -0.15) is 0 Å². The van der Waals surface area contributed by atoms with Crippen LogP contribution in [0.5, 0.6) is 0 Å². The van der Waals surface area contributed by atoms with Crippen LogP contribution in [-0.2, 0) is 14.9 Å². The van der Waals surface area contributed by atoms with Crippen molar-refractivity contribution in [1.82, 2.24) is 0 Å². The first-order valence-electron chi connectivity index (χ1n) is 4.68. The van der Waals surface area contributed by atoms with Crippen LogP contribution in [0.25, 0.3) is 0 Å². The fraction of sp³-hybridized carbons (Fsp3) is 0.500. The number of halogens is 1. The van der Waals surface area contributed by atoms with Crippen molar-refractivity contribution >= 4 is 28.9 Å². The first-order valence-corrected chi connectivity index (χ1v) is 5.87. The molecule has 0 spiro atoms. The summed E-state index contributed by atoms with van der Waals surface area (Å²) < 4.78 is 5.95. The van der Waals surface area contributed by atoms with Gasteiger partial charge >= 0.3 is 5.97 Å². The topological polar surface area (TPSA) is 46.5 Å². The molecule has 1 aromatic rings. The molecule has 0 atom stereocenters. The molecule has 1 aliphatic rings. The molecule has 0 aromatic carbocycles. The van der Waals surface area contributed by atoms with Gasteiger partial charge in [0.1, 0.15) is 0 Å². The van der Waals surface area contributed by atoms with Crippen LogP contribution < -0.4 is 0 Å². The third-order valence-electron chi connectivity index (χ3n) is 2.67. The van der Waals surface area contributed by atoms with Crippen LogP contribution >= 0.6 is 22.9 Å². The number of carbonyl (C=O) groups is 1. The molecule has 1 N–H and O–H groups in total. The predicted octanol–water partition coefficient (Wildman–Crippen LogP) is 2.53. The van der Waals surface area contributed by atoms with E-state index in [0.29, 0.717) is 19.6 Å². The van der Waals surface area contributed by atoms with Gasteiger partial charge in [-0.1, -0.05) is 11.6 Å². The highest BCUT2D eigenvalue weighted by molar-refractivity contribution is 7.16. The molecular weight excluding hydrogens is 236 g/mol. The largest absolute Gasteiger partial charge is 0.481 e. The highest BCUT2D eigenvalue weighted by Crippen LogP contribution is 2.41. The average molecular weight is 247 g/mol.